The van der Waals surface area contributed by atoms with E-state index in [9.17, 15) is 4.79 Å². The third-order valence-electron chi connectivity index (χ3n) is 1.54. The SMILES string of the molecule is CO/N=C(/C)c1csc(N(Cl)C(C)=O)n1. The van der Waals surface area contributed by atoms with Crippen molar-refractivity contribution in [3.63, 3.8) is 0 Å². The fourth-order valence-corrected chi connectivity index (χ4v) is 1.81. The Morgan fingerprint density at radius 3 is 2.87 bits per heavy atom. The van der Waals surface area contributed by atoms with Crippen LogP contribution in [0.3, 0.4) is 0 Å². The molecule has 0 aliphatic heterocycles. The summed E-state index contributed by atoms with van der Waals surface area (Å²) in [6.45, 7) is 3.12. The van der Waals surface area contributed by atoms with Gasteiger partial charge in [0, 0.05) is 24.1 Å². The van der Waals surface area contributed by atoms with Crippen LogP contribution in [0.4, 0.5) is 5.13 Å². The number of hydrogen-bond acceptors (Lipinski definition) is 5. The van der Waals surface area contributed by atoms with Gasteiger partial charge in [0.15, 0.2) is 0 Å². The molecule has 1 rings (SSSR count). The van der Waals surface area contributed by atoms with Crippen molar-refractivity contribution in [2.75, 3.05) is 11.5 Å². The second-order valence-electron chi connectivity index (χ2n) is 2.67. The van der Waals surface area contributed by atoms with Crippen LogP contribution in [0, 0.1) is 0 Å². The predicted molar refractivity (Wildman–Crippen MR) is 60.3 cm³/mol. The van der Waals surface area contributed by atoms with Crippen LogP contribution < -0.4 is 4.42 Å². The number of carbonyl (C=O) groups is 1. The fourth-order valence-electron chi connectivity index (χ4n) is 0.839. The first-order valence-corrected chi connectivity index (χ1v) is 5.28. The highest BCUT2D eigenvalue weighted by molar-refractivity contribution is 7.14. The topological polar surface area (TPSA) is 54.8 Å². The molecule has 1 heterocycles. The molecule has 0 bridgehead atoms. The number of oxime groups is 1. The molecule has 1 aromatic rings. The smallest absolute Gasteiger partial charge is 0.240 e. The molecule has 82 valence electrons. The van der Waals surface area contributed by atoms with Crippen molar-refractivity contribution in [2.24, 2.45) is 5.16 Å². The molecule has 7 heteroatoms. The zero-order valence-electron chi connectivity index (χ0n) is 8.52. The van der Waals surface area contributed by atoms with Crippen LogP contribution in [-0.2, 0) is 9.63 Å². The summed E-state index contributed by atoms with van der Waals surface area (Å²) in [5.74, 6) is -0.279. The Balaban J connectivity index is 2.90. The van der Waals surface area contributed by atoms with Crippen LogP contribution >= 0.6 is 23.1 Å². The summed E-state index contributed by atoms with van der Waals surface area (Å²) in [6.07, 6.45) is 0. The van der Waals surface area contributed by atoms with Crippen molar-refractivity contribution in [1.29, 1.82) is 0 Å². The molecule has 0 aliphatic rings. The van der Waals surface area contributed by atoms with Gasteiger partial charge in [-0.3, -0.25) is 4.79 Å². The lowest BCUT2D eigenvalue weighted by molar-refractivity contribution is -0.115. The number of carbonyl (C=O) groups excluding carboxylic acids is 1. The summed E-state index contributed by atoms with van der Waals surface area (Å²) >= 11 is 6.96. The number of thiazole rings is 1. The number of amides is 1. The highest BCUT2D eigenvalue weighted by Gasteiger charge is 2.13. The largest absolute Gasteiger partial charge is 0.399 e. The first kappa shape index (κ1) is 11.9. The van der Waals surface area contributed by atoms with Crippen LogP contribution in [0.5, 0.6) is 0 Å². The third-order valence-corrected chi connectivity index (χ3v) is 2.86. The van der Waals surface area contributed by atoms with E-state index in [1.54, 1.807) is 12.3 Å². The number of nitrogens with zero attached hydrogens (tertiary/aromatic N) is 3. The summed E-state index contributed by atoms with van der Waals surface area (Å²) in [7, 11) is 1.46. The van der Waals surface area contributed by atoms with E-state index in [0.29, 0.717) is 16.5 Å². The Morgan fingerprint density at radius 1 is 1.67 bits per heavy atom. The molecule has 0 N–H and O–H groups in total. The molecule has 15 heavy (non-hydrogen) atoms. The zero-order valence-corrected chi connectivity index (χ0v) is 10.1. The molecule has 0 radical (unpaired) electrons. The number of aromatic nitrogens is 1. The Morgan fingerprint density at radius 2 is 2.33 bits per heavy atom. The molecule has 0 aliphatic carbocycles. The number of hydrogen-bond donors (Lipinski definition) is 0. The van der Waals surface area contributed by atoms with Crippen LogP contribution in [0.25, 0.3) is 0 Å². The normalized spacial score (nSPS) is 11.3. The zero-order chi connectivity index (χ0) is 11.4. The van der Waals surface area contributed by atoms with E-state index in [2.05, 4.69) is 15.0 Å². The van der Waals surface area contributed by atoms with E-state index in [1.165, 1.54) is 25.4 Å². The number of halogens is 1. The lowest BCUT2D eigenvalue weighted by Crippen LogP contribution is -2.16. The van der Waals surface area contributed by atoms with E-state index >= 15 is 0 Å². The summed E-state index contributed by atoms with van der Waals surface area (Å²) in [5.41, 5.74) is 1.28. The first-order valence-electron chi connectivity index (χ1n) is 4.06. The first-order chi connectivity index (χ1) is 7.06. The standard InChI is InChI=1S/C8H10ClN3O2S/c1-5(11-14-3)7-4-15-8(10-7)12(9)6(2)13/h4H,1-3H3/b11-5-. The van der Waals surface area contributed by atoms with Crippen molar-refractivity contribution < 1.29 is 9.63 Å². The van der Waals surface area contributed by atoms with Crippen molar-refractivity contribution in [1.82, 2.24) is 4.98 Å². The summed E-state index contributed by atoms with van der Waals surface area (Å²) in [4.78, 5) is 19.7. The van der Waals surface area contributed by atoms with E-state index < -0.39 is 0 Å². The van der Waals surface area contributed by atoms with E-state index in [-0.39, 0.29) is 5.91 Å². The van der Waals surface area contributed by atoms with Gasteiger partial charge in [0.25, 0.3) is 0 Å². The lowest BCUT2D eigenvalue weighted by atomic mass is 10.3. The summed E-state index contributed by atoms with van der Waals surface area (Å²) < 4.78 is 0.967. The van der Waals surface area contributed by atoms with Gasteiger partial charge in [0.2, 0.25) is 11.0 Å². The van der Waals surface area contributed by atoms with Crippen LogP contribution in [0.15, 0.2) is 10.5 Å². The molecule has 0 fully saturated rings. The van der Waals surface area contributed by atoms with Crippen LogP contribution in [0.1, 0.15) is 19.5 Å². The molecule has 0 spiro atoms. The minimum atomic E-state index is -0.279. The van der Waals surface area contributed by atoms with Crippen molar-refractivity contribution >= 4 is 39.9 Å². The van der Waals surface area contributed by atoms with Gasteiger partial charge < -0.3 is 4.84 Å². The highest BCUT2D eigenvalue weighted by Crippen LogP contribution is 2.22. The molecular weight excluding hydrogens is 238 g/mol. The second kappa shape index (κ2) is 5.09. The molecule has 0 atom stereocenters. The van der Waals surface area contributed by atoms with E-state index in [4.69, 9.17) is 11.8 Å². The van der Waals surface area contributed by atoms with Gasteiger partial charge in [0.1, 0.15) is 18.5 Å². The average molecular weight is 248 g/mol. The minimum absolute atomic E-state index is 0.279. The average Bonchev–Trinajstić information content (AvgIpc) is 2.65. The predicted octanol–water partition coefficient (Wildman–Crippen LogP) is 2.02. The van der Waals surface area contributed by atoms with E-state index in [0.717, 1.165) is 4.42 Å². The number of rotatable bonds is 3. The molecule has 1 amide bonds. The maximum atomic E-state index is 11.0. The molecule has 5 nitrogen and oxygen atoms in total. The Kier molecular flexibility index (Phi) is 4.05. The Labute approximate surface area is 96.4 Å². The molecule has 0 saturated heterocycles. The molecule has 0 unspecified atom stereocenters. The van der Waals surface area contributed by atoms with Gasteiger partial charge in [-0.1, -0.05) is 5.16 Å². The molecule has 0 aromatic carbocycles. The monoisotopic (exact) mass is 247 g/mol. The van der Waals surface area contributed by atoms with Gasteiger partial charge >= 0.3 is 0 Å². The van der Waals surface area contributed by atoms with Gasteiger partial charge in [-0.15, -0.1) is 11.3 Å². The van der Waals surface area contributed by atoms with Gasteiger partial charge in [0.05, 0.1) is 0 Å². The minimum Gasteiger partial charge on any atom is -0.399 e. The number of anilines is 1. The molecule has 1 aromatic heterocycles. The van der Waals surface area contributed by atoms with Gasteiger partial charge in [-0.2, -0.15) is 4.42 Å². The summed E-state index contributed by atoms with van der Waals surface area (Å²) in [6, 6.07) is 0. The third kappa shape index (κ3) is 2.90. The van der Waals surface area contributed by atoms with Crippen molar-refractivity contribution in [2.45, 2.75) is 13.8 Å². The van der Waals surface area contributed by atoms with Crippen LogP contribution in [-0.4, -0.2) is 23.7 Å². The molecular formula is C8H10ClN3O2S. The fraction of sp³-hybridized carbons (Fsp3) is 0.375. The van der Waals surface area contributed by atoms with Crippen molar-refractivity contribution in [3.8, 4) is 0 Å². The van der Waals surface area contributed by atoms with Crippen molar-refractivity contribution in [3.05, 3.63) is 11.1 Å². The highest BCUT2D eigenvalue weighted by atomic mass is 35.5. The second-order valence-corrected chi connectivity index (χ2v) is 3.85. The Hall–Kier alpha value is -1.14. The quantitative estimate of drug-likeness (QED) is 0.467. The van der Waals surface area contributed by atoms with E-state index in [1.807, 2.05) is 0 Å². The maximum absolute atomic E-state index is 11.0. The maximum Gasteiger partial charge on any atom is 0.240 e. The van der Waals surface area contributed by atoms with Gasteiger partial charge in [-0.05, 0) is 6.92 Å². The van der Waals surface area contributed by atoms with Crippen LogP contribution in [0.2, 0.25) is 0 Å². The summed E-state index contributed by atoms with van der Waals surface area (Å²) in [5, 5.41) is 5.90. The molecule has 0 saturated carbocycles. The van der Waals surface area contributed by atoms with Gasteiger partial charge in [-0.25, -0.2) is 4.98 Å². The Bertz CT molecular complexity index is 391. The lowest BCUT2D eigenvalue weighted by Gasteiger charge is -2.05.